The van der Waals surface area contributed by atoms with Crippen molar-refractivity contribution in [2.24, 2.45) is 4.99 Å². The van der Waals surface area contributed by atoms with Crippen molar-refractivity contribution < 1.29 is 9.90 Å². The zero-order valence-corrected chi connectivity index (χ0v) is 13.4. The van der Waals surface area contributed by atoms with Gasteiger partial charge in [-0.3, -0.25) is 14.7 Å². The molecule has 1 N–H and O–H groups in total. The molecule has 3 aliphatic heterocycles. The molecule has 110 valence electrons. The lowest BCUT2D eigenvalue weighted by Crippen LogP contribution is -2.48. The Morgan fingerprint density at radius 3 is 2.86 bits per heavy atom. The summed E-state index contributed by atoms with van der Waals surface area (Å²) in [5.74, 6) is 0.564. The first-order valence-corrected chi connectivity index (χ1v) is 8.98. The Bertz CT molecular complexity index is 636. The lowest BCUT2D eigenvalue weighted by molar-refractivity contribution is -0.131. The van der Waals surface area contributed by atoms with Crippen molar-refractivity contribution in [3.8, 4) is 0 Å². The van der Waals surface area contributed by atoms with Gasteiger partial charge >= 0.3 is 0 Å². The molecule has 3 aliphatic rings. The molecule has 1 amide bonds. The molecule has 0 aliphatic carbocycles. The highest BCUT2D eigenvalue weighted by Gasteiger charge is 2.64. The van der Waals surface area contributed by atoms with Gasteiger partial charge in [-0.05, 0) is 17.7 Å². The standard InChI is InChI=1S/C14H13ClN2O2S2/c15-9-3-1-8(2-4-9)11-14(10(18)7-20-11)12(19)17-6-5-16-13(17)21-14/h1-4,10-11,18H,5-7H2. The van der Waals surface area contributed by atoms with Gasteiger partial charge in [0.1, 0.15) is 4.75 Å². The maximum absolute atomic E-state index is 12.9. The Balaban J connectivity index is 1.78. The van der Waals surface area contributed by atoms with Gasteiger partial charge < -0.3 is 5.11 Å². The fourth-order valence-corrected chi connectivity index (χ4v) is 6.55. The topological polar surface area (TPSA) is 52.9 Å². The van der Waals surface area contributed by atoms with Gasteiger partial charge in [0.2, 0.25) is 5.91 Å². The lowest BCUT2D eigenvalue weighted by atomic mass is 9.92. The summed E-state index contributed by atoms with van der Waals surface area (Å²) in [7, 11) is 0. The van der Waals surface area contributed by atoms with Gasteiger partial charge in [-0.25, -0.2) is 0 Å². The maximum Gasteiger partial charge on any atom is 0.249 e. The van der Waals surface area contributed by atoms with Crippen molar-refractivity contribution >= 4 is 46.2 Å². The summed E-state index contributed by atoms with van der Waals surface area (Å²) < 4.78 is -0.836. The summed E-state index contributed by atoms with van der Waals surface area (Å²) in [5, 5.41) is 11.9. The van der Waals surface area contributed by atoms with Gasteiger partial charge in [0.25, 0.3) is 0 Å². The van der Waals surface area contributed by atoms with Crippen LogP contribution in [0.15, 0.2) is 29.3 Å². The number of aliphatic hydroxyl groups is 1. The molecule has 0 radical (unpaired) electrons. The van der Waals surface area contributed by atoms with E-state index in [0.717, 1.165) is 10.7 Å². The predicted octanol–water partition coefficient (Wildman–Crippen LogP) is 2.17. The van der Waals surface area contributed by atoms with Crippen molar-refractivity contribution in [2.45, 2.75) is 16.1 Å². The van der Waals surface area contributed by atoms with E-state index < -0.39 is 10.9 Å². The smallest absolute Gasteiger partial charge is 0.249 e. The molecule has 1 aromatic carbocycles. The number of rotatable bonds is 1. The minimum atomic E-state index is -0.836. The van der Waals surface area contributed by atoms with Crippen LogP contribution in [-0.2, 0) is 4.79 Å². The molecule has 2 saturated heterocycles. The Morgan fingerprint density at radius 2 is 2.14 bits per heavy atom. The highest BCUT2D eigenvalue weighted by atomic mass is 35.5. The van der Waals surface area contributed by atoms with E-state index in [1.54, 1.807) is 16.7 Å². The van der Waals surface area contributed by atoms with Gasteiger partial charge in [0, 0.05) is 17.3 Å². The first kappa shape index (κ1) is 13.9. The zero-order chi connectivity index (χ0) is 14.6. The van der Waals surface area contributed by atoms with E-state index in [-0.39, 0.29) is 11.2 Å². The van der Waals surface area contributed by atoms with Crippen molar-refractivity contribution in [2.75, 3.05) is 18.8 Å². The van der Waals surface area contributed by atoms with Crippen molar-refractivity contribution in [1.29, 1.82) is 0 Å². The Morgan fingerprint density at radius 1 is 1.38 bits per heavy atom. The van der Waals surface area contributed by atoms with E-state index in [0.29, 0.717) is 23.9 Å². The van der Waals surface area contributed by atoms with E-state index in [4.69, 9.17) is 11.6 Å². The molecular formula is C14H13ClN2O2S2. The van der Waals surface area contributed by atoms with E-state index >= 15 is 0 Å². The fourth-order valence-electron chi connectivity index (χ4n) is 3.08. The van der Waals surface area contributed by atoms with Crippen LogP contribution in [0.1, 0.15) is 10.8 Å². The lowest BCUT2D eigenvalue weighted by Gasteiger charge is -2.30. The molecule has 0 bridgehead atoms. The molecule has 3 heterocycles. The molecule has 0 saturated carbocycles. The van der Waals surface area contributed by atoms with Crippen LogP contribution in [0.5, 0.6) is 0 Å². The van der Waals surface area contributed by atoms with Crippen LogP contribution in [0.4, 0.5) is 0 Å². The highest BCUT2D eigenvalue weighted by molar-refractivity contribution is 8.17. The second kappa shape index (κ2) is 4.91. The number of hydrogen-bond acceptors (Lipinski definition) is 5. The van der Waals surface area contributed by atoms with Crippen molar-refractivity contribution in [3.05, 3.63) is 34.9 Å². The minimum absolute atomic E-state index is 0.00111. The molecule has 1 aromatic rings. The second-order valence-corrected chi connectivity index (χ2v) is 8.12. The van der Waals surface area contributed by atoms with Crippen LogP contribution in [0.2, 0.25) is 5.02 Å². The zero-order valence-electron chi connectivity index (χ0n) is 11.0. The Hall–Kier alpha value is -0.690. The highest BCUT2D eigenvalue weighted by Crippen LogP contribution is 2.59. The monoisotopic (exact) mass is 340 g/mol. The number of hydrogen-bond donors (Lipinski definition) is 1. The average Bonchev–Trinajstić information content (AvgIpc) is 3.12. The quantitative estimate of drug-likeness (QED) is 0.851. The average molecular weight is 341 g/mol. The number of aliphatic imine (C=N–C) groups is 1. The molecule has 4 nitrogen and oxygen atoms in total. The summed E-state index contributed by atoms with van der Waals surface area (Å²) >= 11 is 9.02. The molecular weight excluding hydrogens is 328 g/mol. The SMILES string of the molecule is O=C1N2CCN=C2SC12C(O)CSC2c1ccc(Cl)cc1. The fraction of sp³-hybridized carbons (Fsp3) is 0.429. The number of nitrogens with zero attached hydrogens (tertiary/aromatic N) is 2. The Labute approximate surface area is 135 Å². The van der Waals surface area contributed by atoms with Crippen LogP contribution in [0.25, 0.3) is 0 Å². The van der Waals surface area contributed by atoms with E-state index in [1.165, 1.54) is 11.8 Å². The predicted molar refractivity (Wildman–Crippen MR) is 87.0 cm³/mol. The van der Waals surface area contributed by atoms with Crippen LogP contribution >= 0.6 is 35.1 Å². The molecule has 0 aromatic heterocycles. The summed E-state index contributed by atoms with van der Waals surface area (Å²) in [6, 6.07) is 7.55. The summed E-state index contributed by atoms with van der Waals surface area (Å²) in [4.78, 5) is 19.0. The second-order valence-electron chi connectivity index (χ2n) is 5.30. The largest absolute Gasteiger partial charge is 0.390 e. The number of halogens is 1. The third-order valence-corrected chi connectivity index (χ3v) is 7.56. The van der Waals surface area contributed by atoms with Gasteiger partial charge in [0.15, 0.2) is 5.17 Å². The Kier molecular flexibility index (Phi) is 3.26. The number of amidine groups is 1. The van der Waals surface area contributed by atoms with Gasteiger partial charge in [0.05, 0.1) is 17.9 Å². The molecule has 2 fully saturated rings. The van der Waals surface area contributed by atoms with Crippen LogP contribution in [0, 0.1) is 0 Å². The molecule has 7 heteroatoms. The molecule has 3 unspecified atom stereocenters. The van der Waals surface area contributed by atoms with Crippen molar-refractivity contribution in [1.82, 2.24) is 4.90 Å². The summed E-state index contributed by atoms with van der Waals surface area (Å²) in [5.41, 5.74) is 1.03. The van der Waals surface area contributed by atoms with Crippen LogP contribution in [0.3, 0.4) is 0 Å². The van der Waals surface area contributed by atoms with E-state index in [1.807, 2.05) is 24.3 Å². The van der Waals surface area contributed by atoms with Crippen LogP contribution in [-0.4, -0.2) is 50.8 Å². The number of benzene rings is 1. The number of amides is 1. The number of carbonyl (C=O) groups excluding carboxylic acids is 1. The molecule has 21 heavy (non-hydrogen) atoms. The number of aliphatic hydroxyl groups excluding tert-OH is 1. The summed E-state index contributed by atoms with van der Waals surface area (Å²) in [6.07, 6.45) is -0.658. The molecule has 4 rings (SSSR count). The van der Waals surface area contributed by atoms with Gasteiger partial charge in [-0.15, -0.1) is 11.8 Å². The molecule has 3 atom stereocenters. The number of carbonyl (C=O) groups is 1. The minimum Gasteiger partial charge on any atom is -0.390 e. The summed E-state index contributed by atoms with van der Waals surface area (Å²) in [6.45, 7) is 1.30. The maximum atomic E-state index is 12.9. The van der Waals surface area contributed by atoms with E-state index in [9.17, 15) is 9.90 Å². The van der Waals surface area contributed by atoms with E-state index in [2.05, 4.69) is 4.99 Å². The van der Waals surface area contributed by atoms with Gasteiger partial charge in [-0.2, -0.15) is 0 Å². The molecule has 1 spiro atoms. The van der Waals surface area contributed by atoms with Crippen LogP contribution < -0.4 is 0 Å². The third-order valence-electron chi connectivity index (χ3n) is 4.12. The van der Waals surface area contributed by atoms with Gasteiger partial charge in [-0.1, -0.05) is 35.5 Å². The number of fused-ring (bicyclic) bond motifs is 1. The first-order chi connectivity index (χ1) is 10.1. The number of thioether (sulfide) groups is 2. The third kappa shape index (κ3) is 1.89. The first-order valence-electron chi connectivity index (χ1n) is 6.73. The van der Waals surface area contributed by atoms with Crippen molar-refractivity contribution in [3.63, 3.8) is 0 Å². The normalized spacial score (nSPS) is 34.7.